The number of hydrogen-bond acceptors (Lipinski definition) is 2. The van der Waals surface area contributed by atoms with Crippen LogP contribution in [-0.2, 0) is 10.2 Å². The number of anilines is 1. The van der Waals surface area contributed by atoms with Crippen LogP contribution < -0.4 is 10.2 Å². The zero-order valence-corrected chi connectivity index (χ0v) is 15.4. The van der Waals surface area contributed by atoms with Crippen molar-refractivity contribution in [3.05, 3.63) is 70.3 Å². The van der Waals surface area contributed by atoms with Crippen molar-refractivity contribution in [2.24, 2.45) is 0 Å². The molecule has 4 heteroatoms. The number of carbonyl (C=O) groups excluding carboxylic acids is 1. The first-order valence-corrected chi connectivity index (χ1v) is 8.86. The first kappa shape index (κ1) is 16.2. The first-order valence-electron chi connectivity index (χ1n) is 8.49. The summed E-state index contributed by atoms with van der Waals surface area (Å²) in [6, 6.07) is 14.2. The van der Waals surface area contributed by atoms with Gasteiger partial charge < -0.3 is 10.2 Å². The van der Waals surface area contributed by atoms with E-state index < -0.39 is 5.66 Å². The number of halogens is 1. The molecule has 1 atom stereocenters. The molecule has 1 amide bonds. The minimum absolute atomic E-state index is 0.0445. The molecule has 3 nitrogen and oxygen atoms in total. The summed E-state index contributed by atoms with van der Waals surface area (Å²) in [7, 11) is 0. The average Bonchev–Trinajstić information content (AvgIpc) is 2.99. The van der Waals surface area contributed by atoms with Gasteiger partial charge >= 0.3 is 0 Å². The van der Waals surface area contributed by atoms with Crippen molar-refractivity contribution in [3.63, 3.8) is 0 Å². The van der Waals surface area contributed by atoms with Crippen LogP contribution in [0.1, 0.15) is 30.5 Å². The highest BCUT2D eigenvalue weighted by Crippen LogP contribution is 2.53. The average molecular weight is 353 g/mol. The lowest BCUT2D eigenvalue weighted by atomic mass is 9.75. The van der Waals surface area contributed by atoms with Gasteiger partial charge in [-0.1, -0.05) is 67.4 Å². The highest BCUT2D eigenvalue weighted by molar-refractivity contribution is 6.32. The molecule has 4 rings (SSSR count). The van der Waals surface area contributed by atoms with Crippen LogP contribution >= 0.6 is 11.6 Å². The summed E-state index contributed by atoms with van der Waals surface area (Å²) in [6.07, 6.45) is 4.11. The summed E-state index contributed by atoms with van der Waals surface area (Å²) in [5.74, 6) is 0.0445. The number of fused-ring (bicyclic) bond motifs is 3. The molecule has 0 radical (unpaired) electrons. The second-order valence-electron chi connectivity index (χ2n) is 7.40. The lowest BCUT2D eigenvalue weighted by molar-refractivity contribution is -0.118. The normalized spacial score (nSPS) is 23.7. The predicted octanol–water partition coefficient (Wildman–Crippen LogP) is 4.29. The summed E-state index contributed by atoms with van der Waals surface area (Å²) < 4.78 is 0. The van der Waals surface area contributed by atoms with Crippen molar-refractivity contribution in [2.75, 3.05) is 11.4 Å². The molecule has 1 N–H and O–H groups in total. The standard InChI is InChI=1S/C21H21ClN2O/c1-14-8-9-18-16(12-14)20(2,3)21(23-19(25)13-24(18)21)11-10-15-6-4-5-7-17(15)22/h4-12H,13H2,1-3H3,(H,23,25)/b11-10+/t21-/m1/s1. The minimum atomic E-state index is -0.584. The second kappa shape index (κ2) is 5.37. The van der Waals surface area contributed by atoms with Gasteiger partial charge in [0.1, 0.15) is 5.66 Å². The Morgan fingerprint density at radius 2 is 1.96 bits per heavy atom. The molecule has 0 saturated carbocycles. The van der Waals surface area contributed by atoms with Crippen LogP contribution in [0.5, 0.6) is 0 Å². The molecular formula is C21H21ClN2O. The van der Waals surface area contributed by atoms with Gasteiger partial charge in [0.15, 0.2) is 0 Å². The number of aryl methyl sites for hydroxylation is 1. The molecule has 2 aromatic rings. The van der Waals surface area contributed by atoms with E-state index >= 15 is 0 Å². The maximum atomic E-state index is 12.3. The topological polar surface area (TPSA) is 32.3 Å². The van der Waals surface area contributed by atoms with Crippen LogP contribution in [0, 0.1) is 6.92 Å². The van der Waals surface area contributed by atoms with E-state index in [2.05, 4.69) is 55.3 Å². The smallest absolute Gasteiger partial charge is 0.241 e. The van der Waals surface area contributed by atoms with E-state index in [4.69, 9.17) is 11.6 Å². The molecule has 2 aliphatic rings. The molecule has 2 aliphatic heterocycles. The third-order valence-electron chi connectivity index (χ3n) is 5.54. The Balaban J connectivity index is 1.87. The maximum absolute atomic E-state index is 12.3. The highest BCUT2D eigenvalue weighted by Gasteiger charge is 2.59. The van der Waals surface area contributed by atoms with Gasteiger partial charge in [0, 0.05) is 16.1 Å². The van der Waals surface area contributed by atoms with E-state index in [0.717, 1.165) is 11.3 Å². The number of nitrogens with zero attached hydrogens (tertiary/aromatic N) is 1. The Hall–Kier alpha value is -2.26. The largest absolute Gasteiger partial charge is 0.335 e. The summed E-state index contributed by atoms with van der Waals surface area (Å²) in [5.41, 5.74) is 3.71. The molecule has 1 fully saturated rings. The van der Waals surface area contributed by atoms with Crippen molar-refractivity contribution in [3.8, 4) is 0 Å². The Morgan fingerprint density at radius 1 is 1.20 bits per heavy atom. The quantitative estimate of drug-likeness (QED) is 0.874. The third-order valence-corrected chi connectivity index (χ3v) is 5.88. The van der Waals surface area contributed by atoms with Crippen LogP contribution in [0.25, 0.3) is 6.08 Å². The SMILES string of the molecule is Cc1ccc2c(c1)C(C)(C)[C@]1(/C=C/c3ccccc3Cl)NC(=O)CN21. The molecule has 0 aliphatic carbocycles. The van der Waals surface area contributed by atoms with Crippen LogP contribution in [0.3, 0.4) is 0 Å². The van der Waals surface area contributed by atoms with Crippen molar-refractivity contribution in [2.45, 2.75) is 31.8 Å². The molecule has 0 bridgehead atoms. The van der Waals surface area contributed by atoms with E-state index in [9.17, 15) is 4.79 Å². The summed E-state index contributed by atoms with van der Waals surface area (Å²) in [4.78, 5) is 14.5. The lowest BCUT2D eigenvalue weighted by Gasteiger charge is -2.40. The van der Waals surface area contributed by atoms with Gasteiger partial charge in [-0.15, -0.1) is 0 Å². The van der Waals surface area contributed by atoms with E-state index in [1.165, 1.54) is 11.1 Å². The Bertz CT molecular complexity index is 903. The highest BCUT2D eigenvalue weighted by atomic mass is 35.5. The van der Waals surface area contributed by atoms with Crippen molar-refractivity contribution in [1.82, 2.24) is 5.32 Å². The van der Waals surface area contributed by atoms with Crippen LogP contribution in [0.4, 0.5) is 5.69 Å². The number of nitrogens with one attached hydrogen (secondary N) is 1. The van der Waals surface area contributed by atoms with Gasteiger partial charge in [-0.2, -0.15) is 0 Å². The number of carbonyl (C=O) groups is 1. The summed E-state index contributed by atoms with van der Waals surface area (Å²) in [5, 5.41) is 3.94. The number of benzene rings is 2. The Labute approximate surface area is 153 Å². The fraction of sp³-hybridized carbons (Fsp3) is 0.286. The molecule has 2 heterocycles. The van der Waals surface area contributed by atoms with Gasteiger partial charge in [-0.3, -0.25) is 4.79 Å². The maximum Gasteiger partial charge on any atom is 0.241 e. The molecule has 0 aromatic heterocycles. The fourth-order valence-electron chi connectivity index (χ4n) is 4.11. The van der Waals surface area contributed by atoms with E-state index in [-0.39, 0.29) is 11.3 Å². The zero-order valence-electron chi connectivity index (χ0n) is 14.6. The molecule has 0 spiro atoms. The van der Waals surface area contributed by atoms with Gasteiger partial charge in [0.25, 0.3) is 0 Å². The number of amides is 1. The Morgan fingerprint density at radius 3 is 2.72 bits per heavy atom. The first-order chi connectivity index (χ1) is 11.8. The molecule has 25 heavy (non-hydrogen) atoms. The van der Waals surface area contributed by atoms with Crippen LogP contribution in [-0.4, -0.2) is 18.1 Å². The van der Waals surface area contributed by atoms with E-state index in [0.29, 0.717) is 11.6 Å². The van der Waals surface area contributed by atoms with Crippen molar-refractivity contribution >= 4 is 29.3 Å². The van der Waals surface area contributed by atoms with Crippen molar-refractivity contribution < 1.29 is 4.79 Å². The summed E-state index contributed by atoms with van der Waals surface area (Å²) in [6.45, 7) is 6.85. The van der Waals surface area contributed by atoms with E-state index in [1.807, 2.05) is 30.3 Å². The molecular weight excluding hydrogens is 332 g/mol. The molecule has 2 aromatic carbocycles. The zero-order chi connectivity index (χ0) is 17.8. The Kier molecular flexibility index (Phi) is 3.48. The van der Waals surface area contributed by atoms with Gasteiger partial charge in [-0.05, 0) is 36.3 Å². The monoisotopic (exact) mass is 352 g/mol. The number of rotatable bonds is 2. The third kappa shape index (κ3) is 2.22. The lowest BCUT2D eigenvalue weighted by Crippen LogP contribution is -2.58. The summed E-state index contributed by atoms with van der Waals surface area (Å²) >= 11 is 6.31. The van der Waals surface area contributed by atoms with Gasteiger partial charge in [-0.25, -0.2) is 0 Å². The van der Waals surface area contributed by atoms with Crippen molar-refractivity contribution in [1.29, 1.82) is 0 Å². The van der Waals surface area contributed by atoms with Gasteiger partial charge in [0.05, 0.1) is 6.54 Å². The van der Waals surface area contributed by atoms with Crippen LogP contribution in [0.2, 0.25) is 5.02 Å². The fourth-order valence-corrected chi connectivity index (χ4v) is 4.31. The minimum Gasteiger partial charge on any atom is -0.335 e. The van der Waals surface area contributed by atoms with Gasteiger partial charge in [0.2, 0.25) is 5.91 Å². The molecule has 128 valence electrons. The second-order valence-corrected chi connectivity index (χ2v) is 7.81. The van der Waals surface area contributed by atoms with E-state index in [1.54, 1.807) is 0 Å². The molecule has 1 saturated heterocycles. The number of hydrogen-bond donors (Lipinski definition) is 1. The predicted molar refractivity (Wildman–Crippen MR) is 103 cm³/mol. The molecule has 0 unspecified atom stereocenters. The van der Waals surface area contributed by atoms with Crippen LogP contribution in [0.15, 0.2) is 48.5 Å².